The van der Waals surface area contributed by atoms with Gasteiger partial charge < -0.3 is 10.0 Å². The summed E-state index contributed by atoms with van der Waals surface area (Å²) in [5, 5.41) is 15.9. The number of hydrogen-bond donors (Lipinski definition) is 1. The van der Waals surface area contributed by atoms with Gasteiger partial charge in [0.25, 0.3) is 0 Å². The fourth-order valence-corrected chi connectivity index (χ4v) is 5.55. The van der Waals surface area contributed by atoms with Gasteiger partial charge in [-0.05, 0) is 30.7 Å². The molecule has 1 aliphatic heterocycles. The minimum Gasteiger partial charge on any atom is -0.492 e. The molecule has 1 saturated heterocycles. The maximum atomic E-state index is 14.3. The molecule has 4 aromatic rings. The predicted molar refractivity (Wildman–Crippen MR) is 121 cm³/mol. The quantitative estimate of drug-likeness (QED) is 0.488. The van der Waals surface area contributed by atoms with Crippen LogP contribution in [-0.4, -0.2) is 50.8 Å². The first-order chi connectivity index (χ1) is 15.0. The van der Waals surface area contributed by atoms with E-state index in [4.69, 9.17) is 11.6 Å². The normalized spacial score (nSPS) is 16.2. The summed E-state index contributed by atoms with van der Waals surface area (Å²) in [6.45, 7) is 4.52. The molecular weight excluding hydrogens is 437 g/mol. The Kier molecular flexibility index (Phi) is 5.29. The largest absolute Gasteiger partial charge is 0.492 e. The van der Waals surface area contributed by atoms with Gasteiger partial charge in [0.1, 0.15) is 11.6 Å². The van der Waals surface area contributed by atoms with Gasteiger partial charge in [-0.1, -0.05) is 53.3 Å². The molecule has 0 spiro atoms. The number of fused-ring (bicyclic) bond motifs is 1. The molecule has 1 atom stereocenters. The van der Waals surface area contributed by atoms with E-state index in [1.807, 2.05) is 36.4 Å². The maximum absolute atomic E-state index is 14.3. The van der Waals surface area contributed by atoms with Crippen LogP contribution in [0.1, 0.15) is 22.3 Å². The summed E-state index contributed by atoms with van der Waals surface area (Å²) in [6.07, 6.45) is 0. The molecule has 31 heavy (non-hydrogen) atoms. The zero-order chi connectivity index (χ0) is 21.5. The second-order valence-electron chi connectivity index (χ2n) is 7.54. The molecule has 0 bridgehead atoms. The lowest BCUT2D eigenvalue weighted by Gasteiger charge is -2.40. The minimum atomic E-state index is -0.245. The maximum Gasteiger partial charge on any atom is 0.230 e. The molecule has 2 aromatic carbocycles. The van der Waals surface area contributed by atoms with Gasteiger partial charge in [-0.2, -0.15) is 4.52 Å². The number of thiazole rings is 1. The van der Waals surface area contributed by atoms with Crippen molar-refractivity contribution in [2.75, 3.05) is 31.1 Å². The molecule has 0 radical (unpaired) electrons. The van der Waals surface area contributed by atoms with Crippen LogP contribution in [0.4, 0.5) is 10.1 Å². The molecule has 1 aliphatic rings. The van der Waals surface area contributed by atoms with Gasteiger partial charge in [0, 0.05) is 31.2 Å². The van der Waals surface area contributed by atoms with E-state index < -0.39 is 0 Å². The minimum absolute atomic E-state index is 0.0852. The number of hydrogen-bond acceptors (Lipinski definition) is 6. The lowest BCUT2D eigenvalue weighted by molar-refractivity contribution is 0.211. The first kappa shape index (κ1) is 20.2. The van der Waals surface area contributed by atoms with Crippen molar-refractivity contribution in [3.05, 3.63) is 75.6 Å². The molecule has 0 amide bonds. The van der Waals surface area contributed by atoms with Crippen LogP contribution in [0.5, 0.6) is 5.88 Å². The Labute approximate surface area is 188 Å². The van der Waals surface area contributed by atoms with Gasteiger partial charge in [-0.3, -0.25) is 4.90 Å². The zero-order valence-electron chi connectivity index (χ0n) is 16.9. The lowest BCUT2D eigenvalue weighted by Crippen LogP contribution is -2.48. The Balaban J connectivity index is 1.50. The van der Waals surface area contributed by atoms with Crippen LogP contribution in [-0.2, 0) is 0 Å². The fraction of sp³-hybridized carbons (Fsp3) is 0.273. The third-order valence-corrected chi connectivity index (χ3v) is 7.04. The summed E-state index contributed by atoms with van der Waals surface area (Å²) in [6, 6.07) is 14.3. The van der Waals surface area contributed by atoms with Gasteiger partial charge in [-0.15, -0.1) is 5.10 Å². The van der Waals surface area contributed by atoms with Crippen LogP contribution in [0.15, 0.2) is 48.5 Å². The molecule has 160 valence electrons. The molecule has 1 fully saturated rings. The van der Waals surface area contributed by atoms with E-state index in [0.717, 1.165) is 10.4 Å². The number of anilines is 1. The highest BCUT2D eigenvalue weighted by Gasteiger charge is 2.33. The second kappa shape index (κ2) is 8.11. The standard InChI is InChI=1S/C22H21ClFN5OS/c1-14-25-22-29(26-14)21(30)20(31-22)19(15-6-2-3-7-16(15)23)28-12-10-27(11-13-28)18-9-5-4-8-17(18)24/h2-9,19,30H,10-13H2,1H3/t19-/m1/s1. The molecule has 0 saturated carbocycles. The Hall–Kier alpha value is -2.68. The van der Waals surface area contributed by atoms with Crippen LogP contribution in [0.3, 0.4) is 0 Å². The molecule has 5 rings (SSSR count). The first-order valence-electron chi connectivity index (χ1n) is 10.1. The number of aryl methyl sites for hydroxylation is 1. The van der Waals surface area contributed by atoms with Gasteiger partial charge in [-0.25, -0.2) is 9.37 Å². The van der Waals surface area contributed by atoms with Crippen LogP contribution in [0.25, 0.3) is 4.96 Å². The molecule has 9 heteroatoms. The Bertz CT molecular complexity index is 1230. The average molecular weight is 458 g/mol. The molecular formula is C22H21ClFN5OS. The van der Waals surface area contributed by atoms with Crippen LogP contribution >= 0.6 is 22.9 Å². The summed E-state index contributed by atoms with van der Waals surface area (Å²) < 4.78 is 15.7. The van der Waals surface area contributed by atoms with Crippen molar-refractivity contribution < 1.29 is 9.50 Å². The summed E-state index contributed by atoms with van der Waals surface area (Å²) in [5.74, 6) is 0.486. The van der Waals surface area contributed by atoms with Crippen LogP contribution < -0.4 is 4.90 Å². The van der Waals surface area contributed by atoms with E-state index >= 15 is 0 Å². The highest BCUT2D eigenvalue weighted by molar-refractivity contribution is 7.17. The van der Waals surface area contributed by atoms with Gasteiger partial charge in [0.2, 0.25) is 10.8 Å². The summed E-state index contributed by atoms with van der Waals surface area (Å²) in [4.78, 5) is 10.1. The number of nitrogens with zero attached hydrogens (tertiary/aromatic N) is 5. The smallest absolute Gasteiger partial charge is 0.230 e. The number of aromatic nitrogens is 3. The summed E-state index contributed by atoms with van der Waals surface area (Å²) >= 11 is 8.00. The molecule has 0 unspecified atom stereocenters. The van der Waals surface area contributed by atoms with Crippen LogP contribution in [0, 0.1) is 12.7 Å². The number of piperazine rings is 1. The Morgan fingerprint density at radius 2 is 1.77 bits per heavy atom. The van der Waals surface area contributed by atoms with Crippen molar-refractivity contribution in [1.82, 2.24) is 19.5 Å². The highest BCUT2D eigenvalue weighted by Crippen LogP contribution is 2.42. The topological polar surface area (TPSA) is 56.9 Å². The van der Waals surface area contributed by atoms with Crippen LogP contribution in [0.2, 0.25) is 5.02 Å². The predicted octanol–water partition coefficient (Wildman–Crippen LogP) is 4.51. The number of para-hydroxylation sites is 1. The Morgan fingerprint density at radius 3 is 2.48 bits per heavy atom. The average Bonchev–Trinajstić information content (AvgIpc) is 3.28. The van der Waals surface area contributed by atoms with E-state index in [1.54, 1.807) is 13.0 Å². The van der Waals surface area contributed by atoms with E-state index in [-0.39, 0.29) is 17.7 Å². The van der Waals surface area contributed by atoms with Gasteiger partial charge in [0.05, 0.1) is 16.6 Å². The molecule has 2 aromatic heterocycles. The molecule has 1 N–H and O–H groups in total. The molecule has 3 heterocycles. The number of benzene rings is 2. The van der Waals surface area contributed by atoms with Crippen molar-refractivity contribution >= 4 is 33.6 Å². The zero-order valence-corrected chi connectivity index (χ0v) is 18.4. The first-order valence-corrected chi connectivity index (χ1v) is 11.3. The van der Waals surface area contributed by atoms with Crippen molar-refractivity contribution in [2.24, 2.45) is 0 Å². The molecule has 0 aliphatic carbocycles. The van der Waals surface area contributed by atoms with E-state index in [9.17, 15) is 9.50 Å². The van der Waals surface area contributed by atoms with Crippen molar-refractivity contribution in [3.63, 3.8) is 0 Å². The fourth-order valence-electron chi connectivity index (χ4n) is 4.16. The van der Waals surface area contributed by atoms with E-state index in [0.29, 0.717) is 47.7 Å². The van der Waals surface area contributed by atoms with E-state index in [1.165, 1.54) is 21.9 Å². The third kappa shape index (κ3) is 3.64. The van der Waals surface area contributed by atoms with E-state index in [2.05, 4.69) is 19.9 Å². The van der Waals surface area contributed by atoms with Crippen molar-refractivity contribution in [1.29, 1.82) is 0 Å². The highest BCUT2D eigenvalue weighted by atomic mass is 35.5. The van der Waals surface area contributed by atoms with Crippen molar-refractivity contribution in [3.8, 4) is 5.88 Å². The number of aromatic hydroxyl groups is 1. The second-order valence-corrected chi connectivity index (χ2v) is 8.96. The monoisotopic (exact) mass is 457 g/mol. The lowest BCUT2D eigenvalue weighted by atomic mass is 10.0. The summed E-state index contributed by atoms with van der Waals surface area (Å²) in [5.41, 5.74) is 1.54. The number of halogens is 2. The van der Waals surface area contributed by atoms with Gasteiger partial charge in [0.15, 0.2) is 0 Å². The number of rotatable bonds is 4. The molecule has 6 nitrogen and oxygen atoms in total. The SMILES string of the molecule is Cc1nc2sc([C@@H](c3ccccc3Cl)N3CCN(c4ccccc4F)CC3)c(O)n2n1. The Morgan fingerprint density at radius 1 is 1.06 bits per heavy atom. The summed E-state index contributed by atoms with van der Waals surface area (Å²) in [7, 11) is 0. The van der Waals surface area contributed by atoms with Gasteiger partial charge >= 0.3 is 0 Å². The third-order valence-electron chi connectivity index (χ3n) is 5.63. The van der Waals surface area contributed by atoms with Crippen molar-refractivity contribution in [2.45, 2.75) is 13.0 Å².